The SMILES string of the molecule is CN(C)CCNC(=O)CCNC(=O)c1csc(Nc2cccc(Cl)c2Cl)n1. The molecule has 146 valence electrons. The van der Waals surface area contributed by atoms with Gasteiger partial charge in [-0.3, -0.25) is 9.59 Å². The molecule has 0 saturated heterocycles. The van der Waals surface area contributed by atoms with Gasteiger partial charge in [0.1, 0.15) is 5.69 Å². The fourth-order valence-electron chi connectivity index (χ4n) is 2.04. The van der Waals surface area contributed by atoms with Crippen molar-refractivity contribution in [3.05, 3.63) is 39.3 Å². The third kappa shape index (κ3) is 6.99. The Morgan fingerprint density at radius 3 is 2.70 bits per heavy atom. The van der Waals surface area contributed by atoms with Crippen LogP contribution < -0.4 is 16.0 Å². The summed E-state index contributed by atoms with van der Waals surface area (Å²) < 4.78 is 0. The quantitative estimate of drug-likeness (QED) is 0.570. The number of hydrogen-bond acceptors (Lipinski definition) is 6. The Balaban J connectivity index is 1.79. The maximum Gasteiger partial charge on any atom is 0.270 e. The zero-order chi connectivity index (χ0) is 19.8. The molecule has 0 aliphatic heterocycles. The summed E-state index contributed by atoms with van der Waals surface area (Å²) in [5.74, 6) is -0.439. The highest BCUT2D eigenvalue weighted by molar-refractivity contribution is 7.14. The van der Waals surface area contributed by atoms with E-state index in [1.165, 1.54) is 11.3 Å². The third-order valence-corrected chi connectivity index (χ3v) is 5.03. The average Bonchev–Trinajstić information content (AvgIpc) is 3.07. The first kappa shape index (κ1) is 21.4. The number of nitrogens with one attached hydrogen (secondary N) is 3. The Kier molecular flexibility index (Phi) is 8.30. The number of amides is 2. The van der Waals surface area contributed by atoms with Crippen LogP contribution in [0.15, 0.2) is 23.6 Å². The Morgan fingerprint density at radius 1 is 1.19 bits per heavy atom. The van der Waals surface area contributed by atoms with Gasteiger partial charge in [0.15, 0.2) is 5.13 Å². The van der Waals surface area contributed by atoms with Gasteiger partial charge in [-0.15, -0.1) is 11.3 Å². The predicted molar refractivity (Wildman–Crippen MR) is 110 cm³/mol. The van der Waals surface area contributed by atoms with Gasteiger partial charge in [-0.25, -0.2) is 4.98 Å². The lowest BCUT2D eigenvalue weighted by molar-refractivity contribution is -0.120. The van der Waals surface area contributed by atoms with Crippen LogP contribution in [-0.4, -0.2) is 55.4 Å². The number of halogens is 2. The first-order valence-electron chi connectivity index (χ1n) is 8.23. The molecule has 7 nitrogen and oxygen atoms in total. The molecule has 0 radical (unpaired) electrons. The molecule has 1 aromatic carbocycles. The maximum absolute atomic E-state index is 12.1. The van der Waals surface area contributed by atoms with E-state index >= 15 is 0 Å². The van der Waals surface area contributed by atoms with Crippen LogP contribution >= 0.6 is 34.5 Å². The van der Waals surface area contributed by atoms with Crippen LogP contribution in [0.2, 0.25) is 10.0 Å². The number of benzene rings is 1. The van der Waals surface area contributed by atoms with Crippen molar-refractivity contribution >= 4 is 57.2 Å². The van der Waals surface area contributed by atoms with Gasteiger partial charge in [0.05, 0.1) is 15.7 Å². The van der Waals surface area contributed by atoms with Crippen molar-refractivity contribution in [1.29, 1.82) is 0 Å². The normalized spacial score (nSPS) is 10.7. The molecule has 2 aromatic rings. The summed E-state index contributed by atoms with van der Waals surface area (Å²) in [6, 6.07) is 5.22. The molecule has 2 amide bonds. The highest BCUT2D eigenvalue weighted by atomic mass is 35.5. The minimum Gasteiger partial charge on any atom is -0.355 e. The Hall–Kier alpha value is -1.87. The second-order valence-electron chi connectivity index (χ2n) is 5.92. The summed E-state index contributed by atoms with van der Waals surface area (Å²) in [5.41, 5.74) is 0.883. The summed E-state index contributed by atoms with van der Waals surface area (Å²) in [5, 5.41) is 11.5. The minimum atomic E-state index is -0.336. The first-order chi connectivity index (χ1) is 12.9. The third-order valence-electron chi connectivity index (χ3n) is 3.45. The van der Waals surface area contributed by atoms with Gasteiger partial charge in [0, 0.05) is 31.4 Å². The van der Waals surface area contributed by atoms with Crippen LogP contribution in [0.25, 0.3) is 0 Å². The highest BCUT2D eigenvalue weighted by Gasteiger charge is 2.12. The van der Waals surface area contributed by atoms with Crippen LogP contribution in [-0.2, 0) is 4.79 Å². The van der Waals surface area contributed by atoms with E-state index in [9.17, 15) is 9.59 Å². The Labute approximate surface area is 172 Å². The molecule has 10 heteroatoms. The molecule has 0 fully saturated rings. The van der Waals surface area contributed by atoms with Crippen molar-refractivity contribution in [3.8, 4) is 0 Å². The van der Waals surface area contributed by atoms with E-state index in [1.54, 1.807) is 23.6 Å². The largest absolute Gasteiger partial charge is 0.355 e. The van der Waals surface area contributed by atoms with E-state index in [2.05, 4.69) is 20.9 Å². The van der Waals surface area contributed by atoms with E-state index in [1.807, 2.05) is 19.0 Å². The van der Waals surface area contributed by atoms with E-state index in [0.29, 0.717) is 27.4 Å². The van der Waals surface area contributed by atoms with E-state index in [0.717, 1.165) is 6.54 Å². The van der Waals surface area contributed by atoms with Gasteiger partial charge in [0.25, 0.3) is 5.91 Å². The van der Waals surface area contributed by atoms with Gasteiger partial charge in [-0.2, -0.15) is 0 Å². The van der Waals surface area contributed by atoms with Gasteiger partial charge in [-0.1, -0.05) is 29.3 Å². The lowest BCUT2D eigenvalue weighted by Crippen LogP contribution is -2.34. The average molecular weight is 430 g/mol. The lowest BCUT2D eigenvalue weighted by atomic mass is 10.3. The van der Waals surface area contributed by atoms with Crippen LogP contribution in [0.4, 0.5) is 10.8 Å². The molecule has 0 aliphatic rings. The minimum absolute atomic E-state index is 0.103. The van der Waals surface area contributed by atoms with Gasteiger partial charge >= 0.3 is 0 Å². The lowest BCUT2D eigenvalue weighted by Gasteiger charge is -2.10. The second kappa shape index (κ2) is 10.5. The summed E-state index contributed by atoms with van der Waals surface area (Å²) in [4.78, 5) is 30.0. The number of carbonyl (C=O) groups is 2. The van der Waals surface area contributed by atoms with E-state index in [-0.39, 0.29) is 30.5 Å². The zero-order valence-corrected chi connectivity index (χ0v) is 17.3. The van der Waals surface area contributed by atoms with E-state index in [4.69, 9.17) is 23.2 Å². The predicted octanol–water partition coefficient (Wildman–Crippen LogP) is 2.99. The Morgan fingerprint density at radius 2 is 1.96 bits per heavy atom. The molecule has 3 N–H and O–H groups in total. The summed E-state index contributed by atoms with van der Waals surface area (Å²) in [6.45, 7) is 1.59. The number of nitrogens with zero attached hydrogens (tertiary/aromatic N) is 2. The molecule has 27 heavy (non-hydrogen) atoms. The Bertz CT molecular complexity index is 797. The number of hydrogen-bond donors (Lipinski definition) is 3. The fourth-order valence-corrected chi connectivity index (χ4v) is 3.09. The molecule has 1 aromatic heterocycles. The van der Waals surface area contributed by atoms with Crippen LogP contribution in [0.5, 0.6) is 0 Å². The number of rotatable bonds is 9. The number of anilines is 2. The first-order valence-corrected chi connectivity index (χ1v) is 9.86. The van der Waals surface area contributed by atoms with Crippen molar-refractivity contribution in [2.24, 2.45) is 0 Å². The summed E-state index contributed by atoms with van der Waals surface area (Å²) in [6.07, 6.45) is 0.215. The van der Waals surface area contributed by atoms with Crippen molar-refractivity contribution in [2.45, 2.75) is 6.42 Å². The van der Waals surface area contributed by atoms with Crippen molar-refractivity contribution < 1.29 is 9.59 Å². The number of aromatic nitrogens is 1. The summed E-state index contributed by atoms with van der Waals surface area (Å²) >= 11 is 13.4. The standard InChI is InChI=1S/C17H21Cl2N5O2S/c1-24(2)9-8-20-14(25)6-7-21-16(26)13-10-27-17(23-13)22-12-5-3-4-11(18)15(12)19/h3-5,10H,6-9H2,1-2H3,(H,20,25)(H,21,26)(H,22,23). The molecule has 1 heterocycles. The van der Waals surface area contributed by atoms with Crippen molar-refractivity contribution in [3.63, 3.8) is 0 Å². The molecule has 0 saturated carbocycles. The maximum atomic E-state index is 12.1. The van der Waals surface area contributed by atoms with Crippen LogP contribution in [0.3, 0.4) is 0 Å². The van der Waals surface area contributed by atoms with Crippen LogP contribution in [0, 0.1) is 0 Å². The fraction of sp³-hybridized carbons (Fsp3) is 0.353. The monoisotopic (exact) mass is 429 g/mol. The van der Waals surface area contributed by atoms with E-state index < -0.39 is 0 Å². The molecular formula is C17H21Cl2N5O2S. The smallest absolute Gasteiger partial charge is 0.270 e. The topological polar surface area (TPSA) is 86.4 Å². The molecular weight excluding hydrogens is 409 g/mol. The molecule has 0 bridgehead atoms. The number of thiazole rings is 1. The molecule has 0 atom stereocenters. The molecule has 0 unspecified atom stereocenters. The highest BCUT2D eigenvalue weighted by Crippen LogP contribution is 2.32. The van der Waals surface area contributed by atoms with Gasteiger partial charge in [-0.05, 0) is 26.2 Å². The van der Waals surface area contributed by atoms with Crippen molar-refractivity contribution in [2.75, 3.05) is 39.0 Å². The summed E-state index contributed by atoms with van der Waals surface area (Å²) in [7, 11) is 3.87. The van der Waals surface area contributed by atoms with Gasteiger partial charge < -0.3 is 20.9 Å². The number of likely N-dealkylation sites (N-methyl/N-ethyl adjacent to an activating group) is 1. The van der Waals surface area contributed by atoms with Crippen LogP contribution in [0.1, 0.15) is 16.9 Å². The zero-order valence-electron chi connectivity index (χ0n) is 15.0. The second-order valence-corrected chi connectivity index (χ2v) is 7.57. The van der Waals surface area contributed by atoms with Crippen molar-refractivity contribution in [1.82, 2.24) is 20.5 Å². The molecule has 0 spiro atoms. The molecule has 2 rings (SSSR count). The number of carbonyl (C=O) groups excluding carboxylic acids is 2. The van der Waals surface area contributed by atoms with Gasteiger partial charge in [0.2, 0.25) is 5.91 Å². The molecule has 0 aliphatic carbocycles.